The molecule has 2 heterocycles. The molecule has 0 N–H and O–H groups in total. The molecule has 6 nitrogen and oxygen atoms in total. The van der Waals surface area contributed by atoms with Gasteiger partial charge in [0, 0.05) is 18.2 Å². The van der Waals surface area contributed by atoms with Gasteiger partial charge >= 0.3 is 0 Å². The van der Waals surface area contributed by atoms with E-state index in [4.69, 9.17) is 4.42 Å². The molecule has 1 unspecified atom stereocenters. The molecule has 1 saturated heterocycles. The molecule has 1 aromatic heterocycles. The number of sulfone groups is 1. The highest BCUT2D eigenvalue weighted by Gasteiger charge is 2.34. The van der Waals surface area contributed by atoms with Gasteiger partial charge in [-0.15, -0.1) is 0 Å². The molecule has 0 aliphatic carbocycles. The maximum Gasteiger partial charge on any atom is 0.256 e. The van der Waals surface area contributed by atoms with Crippen molar-refractivity contribution in [2.75, 3.05) is 23.8 Å². The third-order valence-electron chi connectivity index (χ3n) is 4.65. The zero-order chi connectivity index (χ0) is 20.1. The van der Waals surface area contributed by atoms with Gasteiger partial charge in [0.2, 0.25) is 5.91 Å². The first kappa shape index (κ1) is 20.9. The number of nitrogens with zero attached hydrogens (tertiary/aromatic N) is 2. The Hall–Kier alpha value is -1.87. The Morgan fingerprint density at radius 3 is 2.75 bits per heavy atom. The maximum atomic E-state index is 13.0. The molecule has 0 bridgehead atoms. The molecule has 1 aromatic carbocycles. The van der Waals surface area contributed by atoms with Crippen LogP contribution in [0.2, 0.25) is 0 Å². The number of carbonyl (C=O) groups is 1. The van der Waals surface area contributed by atoms with Crippen LogP contribution in [0.15, 0.2) is 40.1 Å². The summed E-state index contributed by atoms with van der Waals surface area (Å²) in [6, 6.07) is 5.64. The van der Waals surface area contributed by atoms with Gasteiger partial charge in [0.1, 0.15) is 5.82 Å². The lowest BCUT2D eigenvalue weighted by Gasteiger charge is -2.28. The predicted octanol–water partition coefficient (Wildman–Crippen LogP) is 3.39. The van der Waals surface area contributed by atoms with Crippen LogP contribution in [0, 0.1) is 5.82 Å². The van der Waals surface area contributed by atoms with Gasteiger partial charge in [-0.1, -0.05) is 25.1 Å². The number of benzene rings is 1. The summed E-state index contributed by atoms with van der Waals surface area (Å²) >= 11 is 1.18. The number of rotatable bonds is 8. The Bertz CT molecular complexity index is 912. The third kappa shape index (κ3) is 5.35. The highest BCUT2D eigenvalue weighted by molar-refractivity contribution is 7.99. The van der Waals surface area contributed by atoms with Gasteiger partial charge in [-0.05, 0) is 37.1 Å². The van der Waals surface area contributed by atoms with Gasteiger partial charge in [-0.25, -0.2) is 17.8 Å². The summed E-state index contributed by atoms with van der Waals surface area (Å²) in [6.45, 7) is 2.59. The minimum atomic E-state index is -3.05. The molecule has 152 valence electrons. The van der Waals surface area contributed by atoms with E-state index in [0.29, 0.717) is 29.5 Å². The lowest BCUT2D eigenvalue weighted by atomic mass is 10.2. The number of amides is 1. The molecule has 28 heavy (non-hydrogen) atoms. The standard InChI is InChI=1S/C19H23FN2O4S2/c1-2-3-9-22(16-8-10-28(24,25)13-16)18(23)12-27-19-21-11-17(26-19)14-4-6-15(20)7-5-14/h4-7,11,16H,2-3,8-10,12-13H2,1H3. The van der Waals surface area contributed by atoms with Crippen LogP contribution in [0.5, 0.6) is 0 Å². The zero-order valence-electron chi connectivity index (χ0n) is 15.6. The molecule has 0 radical (unpaired) electrons. The average molecular weight is 427 g/mol. The number of oxazole rings is 1. The Labute approximate surface area is 168 Å². The van der Waals surface area contributed by atoms with E-state index in [0.717, 1.165) is 12.8 Å². The van der Waals surface area contributed by atoms with Crippen LogP contribution in [0.1, 0.15) is 26.2 Å². The first-order valence-corrected chi connectivity index (χ1v) is 12.0. The zero-order valence-corrected chi connectivity index (χ0v) is 17.3. The normalized spacial score (nSPS) is 18.3. The summed E-state index contributed by atoms with van der Waals surface area (Å²) in [5.41, 5.74) is 0.702. The van der Waals surface area contributed by atoms with Crippen molar-refractivity contribution in [3.63, 3.8) is 0 Å². The summed E-state index contributed by atoms with van der Waals surface area (Å²) in [4.78, 5) is 18.6. The van der Waals surface area contributed by atoms with E-state index in [1.165, 1.54) is 23.9 Å². The number of hydrogen-bond donors (Lipinski definition) is 0. The van der Waals surface area contributed by atoms with Crippen molar-refractivity contribution in [2.45, 2.75) is 37.5 Å². The van der Waals surface area contributed by atoms with Crippen LogP contribution in [-0.4, -0.2) is 54.1 Å². The lowest BCUT2D eigenvalue weighted by molar-refractivity contribution is -0.130. The van der Waals surface area contributed by atoms with E-state index in [1.807, 2.05) is 6.92 Å². The second kappa shape index (κ2) is 9.09. The van der Waals surface area contributed by atoms with Crippen LogP contribution in [0.4, 0.5) is 4.39 Å². The van der Waals surface area contributed by atoms with Crippen molar-refractivity contribution in [3.8, 4) is 11.3 Å². The first-order valence-electron chi connectivity index (χ1n) is 9.22. The van der Waals surface area contributed by atoms with Gasteiger partial charge in [-0.2, -0.15) is 0 Å². The first-order chi connectivity index (χ1) is 13.4. The smallest absolute Gasteiger partial charge is 0.256 e. The summed E-state index contributed by atoms with van der Waals surface area (Å²) in [5.74, 6) is 0.373. The number of aromatic nitrogens is 1. The van der Waals surface area contributed by atoms with Gasteiger partial charge in [0.05, 0.1) is 23.5 Å². The minimum absolute atomic E-state index is 0.0425. The molecule has 2 aromatic rings. The average Bonchev–Trinajstić information content (AvgIpc) is 3.27. The van der Waals surface area contributed by atoms with Crippen LogP contribution < -0.4 is 0 Å². The van der Waals surface area contributed by atoms with E-state index >= 15 is 0 Å². The van der Waals surface area contributed by atoms with Gasteiger partial charge < -0.3 is 9.32 Å². The summed E-state index contributed by atoms with van der Waals surface area (Å²) < 4.78 is 42.2. The highest BCUT2D eigenvalue weighted by Crippen LogP contribution is 2.26. The van der Waals surface area contributed by atoms with Crippen molar-refractivity contribution in [2.24, 2.45) is 0 Å². The molecule has 0 saturated carbocycles. The van der Waals surface area contributed by atoms with Crippen molar-refractivity contribution < 1.29 is 22.0 Å². The fourth-order valence-electron chi connectivity index (χ4n) is 3.14. The van der Waals surface area contributed by atoms with E-state index in [2.05, 4.69) is 4.98 Å². The molecular formula is C19H23FN2O4S2. The lowest BCUT2D eigenvalue weighted by Crippen LogP contribution is -2.42. The third-order valence-corrected chi connectivity index (χ3v) is 7.23. The van der Waals surface area contributed by atoms with Crippen molar-refractivity contribution in [1.29, 1.82) is 0 Å². The van der Waals surface area contributed by atoms with E-state index in [1.54, 1.807) is 23.2 Å². The van der Waals surface area contributed by atoms with E-state index in [9.17, 15) is 17.6 Å². The highest BCUT2D eigenvalue weighted by atomic mass is 32.2. The van der Waals surface area contributed by atoms with Gasteiger partial charge in [0.25, 0.3) is 5.22 Å². The summed E-state index contributed by atoms with van der Waals surface area (Å²) in [6.07, 6.45) is 3.80. The fourth-order valence-corrected chi connectivity index (χ4v) is 5.56. The predicted molar refractivity (Wildman–Crippen MR) is 106 cm³/mol. The largest absolute Gasteiger partial charge is 0.431 e. The topological polar surface area (TPSA) is 80.5 Å². The van der Waals surface area contributed by atoms with Crippen molar-refractivity contribution in [3.05, 3.63) is 36.3 Å². The monoisotopic (exact) mass is 426 g/mol. The Morgan fingerprint density at radius 2 is 2.11 bits per heavy atom. The molecule has 1 aliphatic heterocycles. The van der Waals surface area contributed by atoms with Crippen LogP contribution in [-0.2, 0) is 14.6 Å². The second-order valence-corrected chi connectivity index (χ2v) is 9.94. The van der Waals surface area contributed by atoms with Crippen molar-refractivity contribution in [1.82, 2.24) is 9.88 Å². The number of carbonyl (C=O) groups excluding carboxylic acids is 1. The van der Waals surface area contributed by atoms with Crippen LogP contribution in [0.3, 0.4) is 0 Å². The quantitative estimate of drug-likeness (QED) is 0.602. The molecule has 1 amide bonds. The maximum absolute atomic E-state index is 13.0. The van der Waals surface area contributed by atoms with E-state index < -0.39 is 9.84 Å². The molecule has 3 rings (SSSR count). The summed E-state index contributed by atoms with van der Waals surface area (Å²) in [7, 11) is -3.05. The molecule has 1 atom stereocenters. The Morgan fingerprint density at radius 1 is 1.36 bits per heavy atom. The van der Waals surface area contributed by atoms with E-state index in [-0.39, 0.29) is 35.0 Å². The number of unbranched alkanes of at least 4 members (excludes halogenated alkanes) is 1. The number of halogens is 1. The minimum Gasteiger partial charge on any atom is -0.431 e. The fraction of sp³-hybridized carbons (Fsp3) is 0.474. The second-order valence-electron chi connectivity index (χ2n) is 6.78. The molecule has 9 heteroatoms. The molecule has 1 aliphatic rings. The molecule has 1 fully saturated rings. The SMILES string of the molecule is CCCCN(C(=O)CSc1ncc(-c2ccc(F)cc2)o1)C1CCS(=O)(=O)C1. The van der Waals surface area contributed by atoms with Gasteiger partial charge in [0.15, 0.2) is 15.6 Å². The van der Waals surface area contributed by atoms with Gasteiger partial charge in [-0.3, -0.25) is 4.79 Å². The number of hydrogen-bond acceptors (Lipinski definition) is 6. The number of thioether (sulfide) groups is 1. The summed E-state index contributed by atoms with van der Waals surface area (Å²) in [5, 5.41) is 0.349. The van der Waals surface area contributed by atoms with Crippen LogP contribution >= 0.6 is 11.8 Å². The Balaban J connectivity index is 1.62. The molecular weight excluding hydrogens is 403 g/mol. The molecule has 0 spiro atoms. The Kier molecular flexibility index (Phi) is 6.77. The van der Waals surface area contributed by atoms with Crippen molar-refractivity contribution >= 4 is 27.5 Å². The van der Waals surface area contributed by atoms with Crippen LogP contribution in [0.25, 0.3) is 11.3 Å².